The van der Waals surface area contributed by atoms with Crippen LogP contribution in [-0.2, 0) is 41.6 Å². The average molecular weight is 761 g/mol. The predicted octanol–water partition coefficient (Wildman–Crippen LogP) is 0.412. The maximum atomic E-state index is 15.4. The van der Waals surface area contributed by atoms with Crippen LogP contribution in [0.1, 0.15) is 51.7 Å². The van der Waals surface area contributed by atoms with Crippen LogP contribution in [0.25, 0.3) is 21.8 Å². The molecule has 0 aliphatic carbocycles. The maximum absolute atomic E-state index is 15.4. The predicted molar refractivity (Wildman–Crippen MR) is 206 cm³/mol. The van der Waals surface area contributed by atoms with E-state index in [1.807, 2.05) is 0 Å². The third-order valence-corrected chi connectivity index (χ3v) is 10.8. The number of amides is 2. The van der Waals surface area contributed by atoms with E-state index in [1.165, 1.54) is 0 Å². The number of carboxylic acids is 1. The molecule has 55 heavy (non-hydrogen) atoms. The summed E-state index contributed by atoms with van der Waals surface area (Å²) in [5.74, 6) is -9.30. The lowest BCUT2D eigenvalue weighted by Crippen LogP contribution is -2.79. The number of carboxylic acid groups (broad SMARTS) is 1. The normalized spacial score (nSPS) is 17.3. The number of benzene rings is 2. The second-order valence-electron chi connectivity index (χ2n) is 14.5. The van der Waals surface area contributed by atoms with Gasteiger partial charge in [0.2, 0.25) is 17.4 Å². The molecule has 4 aromatic rings. The highest BCUT2D eigenvalue weighted by molar-refractivity contribution is 6.22. The van der Waals surface area contributed by atoms with Crippen LogP contribution in [0.2, 0.25) is 0 Å². The molecule has 2 heterocycles. The van der Waals surface area contributed by atoms with Crippen LogP contribution in [0.5, 0.6) is 0 Å². The zero-order valence-corrected chi connectivity index (χ0v) is 31.5. The zero-order chi connectivity index (χ0) is 41.0. The van der Waals surface area contributed by atoms with E-state index in [0.717, 1.165) is 13.8 Å². The number of aliphatic hydroxyl groups excluding tert-OH is 1. The molecule has 14 N–H and O–H groups in total. The molecule has 0 aliphatic rings. The molecule has 0 fully saturated rings. The van der Waals surface area contributed by atoms with Crippen molar-refractivity contribution in [1.29, 1.82) is 0 Å². The van der Waals surface area contributed by atoms with Crippen LogP contribution in [0, 0.1) is 11.3 Å². The van der Waals surface area contributed by atoms with Crippen molar-refractivity contribution in [3.63, 3.8) is 0 Å². The first-order valence-corrected chi connectivity index (χ1v) is 18.1. The Morgan fingerprint density at radius 2 is 1.25 bits per heavy atom. The fraction of sp³-hybridized carbons (Fsp3) is 0.436. The van der Waals surface area contributed by atoms with Gasteiger partial charge < -0.3 is 48.8 Å². The number of rotatable bonds is 19. The molecule has 8 unspecified atom stereocenters. The number of aliphatic hydroxyl groups is 1. The maximum Gasteiger partial charge on any atom is 0.339 e. The van der Waals surface area contributed by atoms with E-state index in [-0.39, 0.29) is 17.7 Å². The molecule has 8 atom stereocenters. The molecule has 16 nitrogen and oxygen atoms in total. The monoisotopic (exact) mass is 760 g/mol. The number of fused-ring (bicyclic) bond motifs is 2. The molecule has 0 aliphatic heterocycles. The number of carbonyl (C=O) groups is 6. The van der Waals surface area contributed by atoms with Crippen molar-refractivity contribution in [1.82, 2.24) is 14.9 Å². The number of aliphatic carboxylic acids is 1. The number of H-pyrrole nitrogens is 2. The van der Waals surface area contributed by atoms with Crippen molar-refractivity contribution in [2.45, 2.75) is 89.2 Å². The number of carbonyl (C=O) groups excluding carboxylic acids is 5. The molecule has 2 aromatic heterocycles. The summed E-state index contributed by atoms with van der Waals surface area (Å²) in [7, 11) is 0. The van der Waals surface area contributed by atoms with Gasteiger partial charge in [-0.25, -0.2) is 4.79 Å². The highest BCUT2D eigenvalue weighted by atomic mass is 16.4. The van der Waals surface area contributed by atoms with E-state index in [1.54, 1.807) is 74.8 Å². The average Bonchev–Trinajstić information content (AvgIpc) is 3.78. The fourth-order valence-corrected chi connectivity index (χ4v) is 7.29. The van der Waals surface area contributed by atoms with Crippen molar-refractivity contribution in [3.8, 4) is 0 Å². The number of para-hydroxylation sites is 2. The SMILES string of the molecule is CCC(C)C(N)C(=O)C(C)(CC(=O)CN)C(C(=O)O)(C(=O)C(N)Cc1c[nH]c2ccccc12)N(C(=O)C(N)Cc1c[nH]c2ccccc12)C(=O)C(N)C(C)O. The molecule has 0 bridgehead atoms. The standard InChI is InChI=1S/C39H52N8O8/c1-5-20(2)31(43)34(51)38(4,16-24(49)17-40)39(37(54)55,33(50)27(41)14-22-18-45-29-12-8-6-10-25(22)29)47(36(53)32(44)21(3)48)35(52)28(42)15-23-19-46-30-13-9-7-11-26(23)30/h6-13,18-21,27-28,31-32,45-46,48H,5,14-17,40-44H2,1-4H3,(H,54,55). The summed E-state index contributed by atoms with van der Waals surface area (Å²) in [6.07, 6.45) is 0.0661. The van der Waals surface area contributed by atoms with Gasteiger partial charge in [0, 0.05) is 40.6 Å². The lowest BCUT2D eigenvalue weighted by atomic mass is 9.58. The first kappa shape index (κ1) is 42.6. The summed E-state index contributed by atoms with van der Waals surface area (Å²) in [5.41, 5.74) is 27.4. The molecule has 0 spiro atoms. The summed E-state index contributed by atoms with van der Waals surface area (Å²) in [5, 5.41) is 23.4. The van der Waals surface area contributed by atoms with E-state index in [2.05, 4.69) is 9.97 Å². The quantitative estimate of drug-likeness (QED) is 0.0586. The Bertz CT molecular complexity index is 2080. The van der Waals surface area contributed by atoms with Crippen molar-refractivity contribution in [3.05, 3.63) is 72.1 Å². The van der Waals surface area contributed by atoms with Crippen molar-refractivity contribution >= 4 is 56.9 Å². The van der Waals surface area contributed by atoms with E-state index < -0.39 is 95.2 Å². The minimum absolute atomic E-state index is 0.0503. The highest BCUT2D eigenvalue weighted by Gasteiger charge is 2.71. The largest absolute Gasteiger partial charge is 0.479 e. The summed E-state index contributed by atoms with van der Waals surface area (Å²) in [4.78, 5) is 93.7. The summed E-state index contributed by atoms with van der Waals surface area (Å²) in [6.45, 7) is 4.72. The number of nitrogens with one attached hydrogen (secondary N) is 2. The number of hydrogen-bond donors (Lipinski definition) is 9. The molecule has 16 heteroatoms. The van der Waals surface area contributed by atoms with Gasteiger partial charge in [0.05, 0.1) is 36.2 Å². The molecule has 4 rings (SSSR count). The molecule has 2 aromatic carbocycles. The van der Waals surface area contributed by atoms with E-state index in [9.17, 15) is 34.2 Å². The Morgan fingerprint density at radius 3 is 1.71 bits per heavy atom. The molecular formula is C39H52N8O8. The van der Waals surface area contributed by atoms with Gasteiger partial charge in [0.15, 0.2) is 11.6 Å². The van der Waals surface area contributed by atoms with Crippen molar-refractivity contribution < 1.29 is 39.0 Å². The minimum Gasteiger partial charge on any atom is -0.479 e. The molecule has 0 saturated carbocycles. The van der Waals surface area contributed by atoms with E-state index in [4.69, 9.17) is 28.7 Å². The number of aromatic nitrogens is 2. The Balaban J connectivity index is 2.07. The number of aromatic amines is 2. The minimum atomic E-state index is -3.61. The molecule has 0 radical (unpaired) electrons. The van der Waals surface area contributed by atoms with Gasteiger partial charge >= 0.3 is 5.97 Å². The second-order valence-corrected chi connectivity index (χ2v) is 14.5. The number of imide groups is 1. The molecule has 296 valence electrons. The Labute approximate surface area is 318 Å². The lowest BCUT2D eigenvalue weighted by Gasteiger charge is -2.51. The van der Waals surface area contributed by atoms with E-state index in [0.29, 0.717) is 39.4 Å². The Hall–Kier alpha value is -5.10. The van der Waals surface area contributed by atoms with Crippen LogP contribution in [-0.4, -0.2) is 103 Å². The smallest absolute Gasteiger partial charge is 0.339 e. The molecular weight excluding hydrogens is 708 g/mol. The van der Waals surface area contributed by atoms with Gasteiger partial charge in [-0.2, -0.15) is 0 Å². The number of nitrogens with zero attached hydrogens (tertiary/aromatic N) is 1. The number of nitrogens with two attached hydrogens (primary N) is 5. The van der Waals surface area contributed by atoms with Crippen molar-refractivity contribution in [2.75, 3.05) is 6.54 Å². The third kappa shape index (κ3) is 7.87. The topological polar surface area (TPSA) is 308 Å². The highest BCUT2D eigenvalue weighted by Crippen LogP contribution is 2.45. The van der Waals surface area contributed by atoms with Crippen LogP contribution < -0.4 is 28.7 Å². The molecule has 0 saturated heterocycles. The Kier molecular flexibility index (Phi) is 13.3. The number of ketones is 3. The lowest BCUT2D eigenvalue weighted by molar-refractivity contribution is -0.186. The van der Waals surface area contributed by atoms with Crippen LogP contribution in [0.15, 0.2) is 60.9 Å². The van der Waals surface area contributed by atoms with Crippen LogP contribution in [0.3, 0.4) is 0 Å². The Morgan fingerprint density at radius 1 is 0.764 bits per heavy atom. The second kappa shape index (κ2) is 17.1. The first-order chi connectivity index (χ1) is 25.9. The summed E-state index contributed by atoms with van der Waals surface area (Å²) >= 11 is 0. The van der Waals surface area contributed by atoms with Gasteiger partial charge in [-0.15, -0.1) is 0 Å². The van der Waals surface area contributed by atoms with Crippen LogP contribution >= 0.6 is 0 Å². The van der Waals surface area contributed by atoms with Gasteiger partial charge in [-0.3, -0.25) is 28.9 Å². The first-order valence-electron chi connectivity index (χ1n) is 18.1. The van der Waals surface area contributed by atoms with Gasteiger partial charge in [-0.05, 0) is 55.9 Å². The van der Waals surface area contributed by atoms with Gasteiger partial charge in [0.1, 0.15) is 11.8 Å². The molecule has 2 amide bonds. The zero-order valence-electron chi connectivity index (χ0n) is 31.5. The van der Waals surface area contributed by atoms with Gasteiger partial charge in [0.25, 0.3) is 0 Å². The number of hydrogen-bond acceptors (Lipinski definition) is 12. The third-order valence-electron chi connectivity index (χ3n) is 10.8. The fourth-order valence-electron chi connectivity index (χ4n) is 7.29. The summed E-state index contributed by atoms with van der Waals surface area (Å²) in [6, 6.07) is 6.99. The summed E-state index contributed by atoms with van der Waals surface area (Å²) < 4.78 is 0. The van der Waals surface area contributed by atoms with Crippen molar-refractivity contribution in [2.24, 2.45) is 40.0 Å². The number of Topliss-reactive ketones (excluding diaryl/α,β-unsaturated/α-hetero) is 3. The van der Waals surface area contributed by atoms with E-state index >= 15 is 4.79 Å². The van der Waals surface area contributed by atoms with Crippen LogP contribution in [0.4, 0.5) is 0 Å². The van der Waals surface area contributed by atoms with Gasteiger partial charge in [-0.1, -0.05) is 56.7 Å².